The number of aryl methyl sites for hydroxylation is 1. The maximum Gasteiger partial charge on any atom is 0.138 e. The van der Waals surface area contributed by atoms with E-state index in [-0.39, 0.29) is 0 Å². The number of hydrogen-bond donors (Lipinski definition) is 0. The Hall–Kier alpha value is -0.510. The van der Waals surface area contributed by atoms with Gasteiger partial charge >= 0.3 is 0 Å². The summed E-state index contributed by atoms with van der Waals surface area (Å²) in [4.78, 5) is 4.17. The molecule has 0 aliphatic heterocycles. The van der Waals surface area contributed by atoms with Gasteiger partial charge in [-0.25, -0.2) is 15.0 Å². The molecule has 1 aromatic rings. The van der Waals surface area contributed by atoms with Crippen LogP contribution in [0.4, 0.5) is 0 Å². The Morgan fingerprint density at radius 3 is 2.45 bits per heavy atom. The van der Waals surface area contributed by atoms with E-state index in [0.29, 0.717) is 0 Å². The minimum Gasteiger partial charge on any atom is -0.252 e. The highest BCUT2D eigenvalue weighted by Crippen LogP contribution is 2.37. The fourth-order valence-electron chi connectivity index (χ4n) is 0.838. The third-order valence-corrected chi connectivity index (χ3v) is 2.49. The Kier molecular flexibility index (Phi) is 2.23. The molecule has 64 valence electrons. The van der Waals surface area contributed by atoms with Gasteiger partial charge in [-0.05, 0) is 18.8 Å². The van der Waals surface area contributed by atoms with Gasteiger partial charge in [0.25, 0.3) is 0 Å². The van der Waals surface area contributed by atoms with Gasteiger partial charge in [0.15, 0.2) is 0 Å². The molecule has 0 aliphatic rings. The van der Waals surface area contributed by atoms with Crippen molar-refractivity contribution in [2.45, 2.75) is 5.75 Å². The average molecular weight is 173 g/mol. The highest BCUT2D eigenvalue weighted by Gasteiger charge is 2.09. The van der Waals surface area contributed by atoms with E-state index in [9.17, 15) is 0 Å². The van der Waals surface area contributed by atoms with Crippen LogP contribution in [0.1, 0.15) is 5.82 Å². The van der Waals surface area contributed by atoms with E-state index in [1.807, 2.05) is 11.7 Å². The van der Waals surface area contributed by atoms with Crippen molar-refractivity contribution in [1.29, 1.82) is 0 Å². The summed E-state index contributed by atoms with van der Waals surface area (Å²) in [6, 6.07) is 0. The molecule has 0 amide bonds. The van der Waals surface area contributed by atoms with Crippen molar-refractivity contribution in [3.8, 4) is 0 Å². The summed E-state index contributed by atoms with van der Waals surface area (Å²) in [5, 5.41) is 4.02. The van der Waals surface area contributed by atoms with E-state index in [4.69, 9.17) is 0 Å². The molecule has 0 atom stereocenters. The van der Waals surface area contributed by atoms with Crippen LogP contribution >= 0.6 is 10.0 Å². The summed E-state index contributed by atoms with van der Waals surface area (Å²) in [7, 11) is 1.45. The van der Waals surface area contributed by atoms with Crippen molar-refractivity contribution in [3.05, 3.63) is 12.2 Å². The van der Waals surface area contributed by atoms with Crippen LogP contribution in [-0.4, -0.2) is 33.5 Å². The summed E-state index contributed by atoms with van der Waals surface area (Å²) in [6.45, 7) is 0. The molecule has 0 unspecified atom stereocenters. The molecule has 0 bridgehead atoms. The van der Waals surface area contributed by atoms with Crippen LogP contribution < -0.4 is 0 Å². The van der Waals surface area contributed by atoms with Crippen molar-refractivity contribution in [2.24, 2.45) is 7.05 Å². The summed E-state index contributed by atoms with van der Waals surface area (Å²) < 4.78 is 1.85. The minimum atomic E-state index is -0.493. The van der Waals surface area contributed by atoms with Gasteiger partial charge in [0.1, 0.15) is 12.2 Å². The first-order chi connectivity index (χ1) is 4.99. The predicted molar refractivity (Wildman–Crippen MR) is 50.1 cm³/mol. The fraction of sp³-hybridized carbons (Fsp3) is 0.714. The fourth-order valence-corrected chi connectivity index (χ4v) is 1.87. The third-order valence-electron chi connectivity index (χ3n) is 1.37. The van der Waals surface area contributed by atoms with Gasteiger partial charge in [-0.15, -0.1) is 0 Å². The molecule has 0 aliphatic carbocycles. The molecule has 0 saturated carbocycles. The van der Waals surface area contributed by atoms with Crippen molar-refractivity contribution in [2.75, 3.05) is 18.8 Å². The normalized spacial score (nSPS) is 13.5. The van der Waals surface area contributed by atoms with Gasteiger partial charge in [-0.3, -0.25) is 4.68 Å². The summed E-state index contributed by atoms with van der Waals surface area (Å²) in [5.41, 5.74) is 0. The molecule has 1 aromatic heterocycles. The first kappa shape index (κ1) is 8.59. The quantitative estimate of drug-likeness (QED) is 0.668. The van der Waals surface area contributed by atoms with Crippen molar-refractivity contribution in [3.63, 3.8) is 0 Å². The predicted octanol–water partition coefficient (Wildman–Crippen LogP) is 1.01. The van der Waals surface area contributed by atoms with Gasteiger partial charge in [0, 0.05) is 12.8 Å². The smallest absolute Gasteiger partial charge is 0.138 e. The second kappa shape index (κ2) is 2.85. The monoisotopic (exact) mass is 173 g/mol. The van der Waals surface area contributed by atoms with Gasteiger partial charge in [-0.1, -0.05) is 0 Å². The van der Waals surface area contributed by atoms with E-state index >= 15 is 0 Å². The van der Waals surface area contributed by atoms with Gasteiger partial charge in [-0.2, -0.15) is 5.10 Å². The Morgan fingerprint density at radius 1 is 1.45 bits per heavy atom. The second-order valence-electron chi connectivity index (χ2n) is 3.53. The molecule has 11 heavy (non-hydrogen) atoms. The van der Waals surface area contributed by atoms with Gasteiger partial charge in [0.2, 0.25) is 0 Å². The summed E-state index contributed by atoms with van der Waals surface area (Å²) in [5.74, 6) is 2.15. The van der Waals surface area contributed by atoms with Crippen LogP contribution in [0.25, 0.3) is 0 Å². The molecule has 1 rings (SSSR count). The molecule has 0 saturated heterocycles. The number of rotatable bonds is 2. The summed E-state index contributed by atoms with van der Waals surface area (Å²) >= 11 is 0. The van der Waals surface area contributed by atoms with Gasteiger partial charge < -0.3 is 0 Å². The molecular weight excluding hydrogens is 158 g/mol. The maximum atomic E-state index is 4.17. The lowest BCUT2D eigenvalue weighted by molar-refractivity contribution is 0.729. The molecule has 4 heteroatoms. The van der Waals surface area contributed by atoms with E-state index in [1.165, 1.54) is 0 Å². The zero-order chi connectivity index (χ0) is 8.48. The lowest BCUT2D eigenvalue weighted by atomic mass is 10.7. The largest absolute Gasteiger partial charge is 0.252 e. The van der Waals surface area contributed by atoms with Crippen LogP contribution in [0.5, 0.6) is 0 Å². The topological polar surface area (TPSA) is 30.7 Å². The lowest BCUT2D eigenvalue weighted by Crippen LogP contribution is -2.04. The van der Waals surface area contributed by atoms with Crippen molar-refractivity contribution < 1.29 is 0 Å². The molecule has 3 nitrogen and oxygen atoms in total. The first-order valence-corrected chi connectivity index (χ1v) is 6.50. The minimum absolute atomic E-state index is 0.493. The third kappa shape index (κ3) is 2.54. The zero-order valence-corrected chi connectivity index (χ0v) is 8.35. The van der Waals surface area contributed by atoms with Crippen LogP contribution in [0.3, 0.4) is 0 Å². The highest BCUT2D eigenvalue weighted by molar-refractivity contribution is 8.31. The van der Waals surface area contributed by atoms with Gasteiger partial charge in [0.05, 0.1) is 0 Å². The Balaban J connectivity index is 2.72. The van der Waals surface area contributed by atoms with Crippen LogP contribution in [-0.2, 0) is 12.8 Å². The Morgan fingerprint density at radius 2 is 2.09 bits per heavy atom. The number of aromatic nitrogens is 3. The SMILES string of the molecule is Cn1ncnc1CS(C)(C)C. The standard InChI is InChI=1S/C7H15N3S/c1-10-7(8-6-9-10)5-11(2,3)4/h6H,5H2,1-4H3. The molecule has 0 spiro atoms. The number of hydrogen-bond acceptors (Lipinski definition) is 2. The second-order valence-corrected chi connectivity index (χ2v) is 8.01. The van der Waals surface area contributed by atoms with E-state index in [0.717, 1.165) is 11.6 Å². The number of nitrogens with zero attached hydrogens (tertiary/aromatic N) is 3. The lowest BCUT2D eigenvalue weighted by Gasteiger charge is -2.23. The highest BCUT2D eigenvalue weighted by atomic mass is 32.3. The first-order valence-electron chi connectivity index (χ1n) is 3.48. The summed E-state index contributed by atoms with van der Waals surface area (Å²) in [6.07, 6.45) is 8.45. The van der Waals surface area contributed by atoms with E-state index in [1.54, 1.807) is 6.33 Å². The Bertz CT molecular complexity index is 236. The molecule has 0 radical (unpaired) electrons. The van der Waals surface area contributed by atoms with Crippen LogP contribution in [0.2, 0.25) is 0 Å². The molecular formula is C7H15N3S. The van der Waals surface area contributed by atoms with E-state index in [2.05, 4.69) is 28.8 Å². The van der Waals surface area contributed by atoms with E-state index < -0.39 is 10.0 Å². The Labute approximate surface area is 69.1 Å². The molecule has 0 N–H and O–H groups in total. The van der Waals surface area contributed by atoms with Crippen molar-refractivity contribution >= 4 is 10.0 Å². The van der Waals surface area contributed by atoms with Crippen LogP contribution in [0.15, 0.2) is 6.33 Å². The average Bonchev–Trinajstić information content (AvgIpc) is 2.12. The zero-order valence-electron chi connectivity index (χ0n) is 7.53. The molecule has 0 aromatic carbocycles. The van der Waals surface area contributed by atoms with Crippen LogP contribution in [0, 0.1) is 0 Å². The van der Waals surface area contributed by atoms with Crippen molar-refractivity contribution in [1.82, 2.24) is 14.8 Å². The molecule has 0 fully saturated rings. The maximum absolute atomic E-state index is 4.17. The molecule has 1 heterocycles.